The second-order valence-electron chi connectivity index (χ2n) is 5.46. The number of hydrogen-bond acceptors (Lipinski definition) is 3. The van der Waals surface area contributed by atoms with Crippen molar-refractivity contribution in [2.24, 2.45) is 11.7 Å². The average Bonchev–Trinajstić information content (AvgIpc) is 2.45. The molecule has 0 saturated carbocycles. The Bertz CT molecular complexity index is 407. The van der Waals surface area contributed by atoms with Crippen LogP contribution in [0.2, 0.25) is 0 Å². The fraction of sp³-hybridized carbons (Fsp3) is 0.600. The Labute approximate surface area is 115 Å². The van der Waals surface area contributed by atoms with E-state index in [1.807, 2.05) is 17.0 Å². The molecule has 0 spiro atoms. The smallest absolute Gasteiger partial charge is 0.223 e. The lowest BCUT2D eigenvalue weighted by Crippen LogP contribution is -2.49. The van der Waals surface area contributed by atoms with E-state index >= 15 is 0 Å². The molecular weight excluding hydrogens is 238 g/mol. The van der Waals surface area contributed by atoms with Crippen molar-refractivity contribution in [3.8, 4) is 0 Å². The minimum absolute atomic E-state index is 0.230. The van der Waals surface area contributed by atoms with Crippen LogP contribution in [0.4, 0.5) is 0 Å². The number of hydrogen-bond donors (Lipinski definition) is 1. The van der Waals surface area contributed by atoms with Crippen LogP contribution in [-0.4, -0.2) is 34.9 Å². The van der Waals surface area contributed by atoms with E-state index in [0.717, 1.165) is 31.4 Å². The van der Waals surface area contributed by atoms with Gasteiger partial charge in [0, 0.05) is 37.9 Å². The number of piperidine rings is 1. The summed E-state index contributed by atoms with van der Waals surface area (Å²) in [5.41, 5.74) is 6.96. The zero-order valence-electron chi connectivity index (χ0n) is 11.6. The van der Waals surface area contributed by atoms with Gasteiger partial charge in [0.1, 0.15) is 0 Å². The maximum atomic E-state index is 12.3. The van der Waals surface area contributed by atoms with Gasteiger partial charge in [-0.25, -0.2) is 0 Å². The second-order valence-corrected chi connectivity index (χ2v) is 5.46. The average molecular weight is 261 g/mol. The highest BCUT2D eigenvalue weighted by atomic mass is 16.2. The molecule has 2 N–H and O–H groups in total. The monoisotopic (exact) mass is 261 g/mol. The van der Waals surface area contributed by atoms with E-state index in [4.69, 9.17) is 5.73 Å². The predicted molar refractivity (Wildman–Crippen MR) is 75.5 cm³/mol. The van der Waals surface area contributed by atoms with Crippen LogP contribution < -0.4 is 5.73 Å². The van der Waals surface area contributed by atoms with Crippen molar-refractivity contribution >= 4 is 5.91 Å². The molecule has 0 aliphatic carbocycles. The van der Waals surface area contributed by atoms with Crippen LogP contribution >= 0.6 is 0 Å². The summed E-state index contributed by atoms with van der Waals surface area (Å²) in [4.78, 5) is 18.3. The summed E-state index contributed by atoms with van der Waals surface area (Å²) in [5, 5.41) is 0. The first-order valence-corrected chi connectivity index (χ1v) is 7.09. The fourth-order valence-electron chi connectivity index (χ4n) is 2.75. The third kappa shape index (κ3) is 3.77. The lowest BCUT2D eigenvalue weighted by molar-refractivity contribution is -0.135. The largest absolute Gasteiger partial charge is 0.338 e. The SMILES string of the molecule is CC1CCN(C(=O)CCc2ccncc2)C(CN)C1. The minimum Gasteiger partial charge on any atom is -0.338 e. The molecule has 1 fully saturated rings. The Kier molecular flexibility index (Phi) is 4.91. The van der Waals surface area contributed by atoms with Gasteiger partial charge in [-0.15, -0.1) is 0 Å². The summed E-state index contributed by atoms with van der Waals surface area (Å²) in [7, 11) is 0. The Morgan fingerprint density at radius 3 is 2.89 bits per heavy atom. The van der Waals surface area contributed by atoms with Gasteiger partial charge >= 0.3 is 0 Å². The number of aromatic nitrogens is 1. The lowest BCUT2D eigenvalue weighted by Gasteiger charge is -2.38. The highest BCUT2D eigenvalue weighted by Crippen LogP contribution is 2.22. The molecule has 19 heavy (non-hydrogen) atoms. The second kappa shape index (κ2) is 6.66. The summed E-state index contributed by atoms with van der Waals surface area (Å²) in [6.07, 6.45) is 7.02. The molecule has 2 unspecified atom stereocenters. The molecular formula is C15H23N3O. The molecule has 2 atom stereocenters. The van der Waals surface area contributed by atoms with E-state index in [0.29, 0.717) is 18.9 Å². The van der Waals surface area contributed by atoms with Crippen molar-refractivity contribution in [2.75, 3.05) is 13.1 Å². The number of pyridine rings is 1. The number of amides is 1. The van der Waals surface area contributed by atoms with Crippen molar-refractivity contribution < 1.29 is 4.79 Å². The van der Waals surface area contributed by atoms with E-state index in [9.17, 15) is 4.79 Å². The minimum atomic E-state index is 0.230. The van der Waals surface area contributed by atoms with Crippen LogP contribution in [0.3, 0.4) is 0 Å². The lowest BCUT2D eigenvalue weighted by atomic mass is 9.92. The molecule has 1 saturated heterocycles. The molecule has 1 aromatic heterocycles. The zero-order valence-corrected chi connectivity index (χ0v) is 11.6. The number of likely N-dealkylation sites (tertiary alicyclic amines) is 1. The van der Waals surface area contributed by atoms with Crippen molar-refractivity contribution in [2.45, 2.75) is 38.6 Å². The topological polar surface area (TPSA) is 59.2 Å². The van der Waals surface area contributed by atoms with Gasteiger partial charge in [0.2, 0.25) is 5.91 Å². The van der Waals surface area contributed by atoms with Crippen molar-refractivity contribution in [1.82, 2.24) is 9.88 Å². The van der Waals surface area contributed by atoms with E-state index in [2.05, 4.69) is 11.9 Å². The number of aryl methyl sites for hydroxylation is 1. The summed E-state index contributed by atoms with van der Waals surface area (Å²) in [5.74, 6) is 0.914. The van der Waals surface area contributed by atoms with Gasteiger partial charge in [0.15, 0.2) is 0 Å². The summed E-state index contributed by atoms with van der Waals surface area (Å²) >= 11 is 0. The quantitative estimate of drug-likeness (QED) is 0.895. The molecule has 1 aliphatic rings. The van der Waals surface area contributed by atoms with Gasteiger partial charge in [-0.2, -0.15) is 0 Å². The fourth-order valence-corrected chi connectivity index (χ4v) is 2.75. The number of nitrogens with zero attached hydrogens (tertiary/aromatic N) is 2. The van der Waals surface area contributed by atoms with E-state index in [1.165, 1.54) is 0 Å². The Morgan fingerprint density at radius 2 is 2.21 bits per heavy atom. The van der Waals surface area contributed by atoms with Crippen molar-refractivity contribution in [1.29, 1.82) is 0 Å². The van der Waals surface area contributed by atoms with E-state index in [-0.39, 0.29) is 11.9 Å². The molecule has 0 bridgehead atoms. The van der Waals surface area contributed by atoms with Crippen LogP contribution in [0, 0.1) is 5.92 Å². The molecule has 2 rings (SSSR count). The number of nitrogens with two attached hydrogens (primary N) is 1. The third-order valence-corrected chi connectivity index (χ3v) is 3.95. The number of rotatable bonds is 4. The number of carbonyl (C=O) groups is 1. The standard InChI is InChI=1S/C15H23N3O/c1-12-6-9-18(14(10-12)11-16)15(19)3-2-13-4-7-17-8-5-13/h4-5,7-8,12,14H,2-3,6,9-11,16H2,1H3. The van der Waals surface area contributed by atoms with Gasteiger partial charge < -0.3 is 10.6 Å². The first-order valence-electron chi connectivity index (χ1n) is 7.09. The summed E-state index contributed by atoms with van der Waals surface area (Å²) in [6.45, 7) is 3.67. The van der Waals surface area contributed by atoms with Crippen LogP contribution in [-0.2, 0) is 11.2 Å². The van der Waals surface area contributed by atoms with E-state index in [1.54, 1.807) is 12.4 Å². The van der Waals surface area contributed by atoms with Crippen LogP contribution in [0.15, 0.2) is 24.5 Å². The first-order chi connectivity index (χ1) is 9.20. The molecule has 0 aromatic carbocycles. The zero-order chi connectivity index (χ0) is 13.7. The molecule has 104 valence electrons. The Balaban J connectivity index is 1.88. The third-order valence-electron chi connectivity index (χ3n) is 3.95. The van der Waals surface area contributed by atoms with Crippen molar-refractivity contribution in [3.63, 3.8) is 0 Å². The van der Waals surface area contributed by atoms with Gasteiger partial charge in [-0.1, -0.05) is 6.92 Å². The van der Waals surface area contributed by atoms with Crippen LogP contribution in [0.5, 0.6) is 0 Å². The maximum Gasteiger partial charge on any atom is 0.223 e. The summed E-state index contributed by atoms with van der Waals surface area (Å²) in [6, 6.07) is 4.16. The molecule has 0 radical (unpaired) electrons. The molecule has 1 amide bonds. The molecule has 4 nitrogen and oxygen atoms in total. The summed E-state index contributed by atoms with van der Waals surface area (Å²) < 4.78 is 0. The van der Waals surface area contributed by atoms with Gasteiger partial charge in [0.25, 0.3) is 0 Å². The molecule has 2 heterocycles. The predicted octanol–water partition coefficient (Wildman–Crippen LogP) is 1.60. The molecule has 1 aliphatic heterocycles. The highest BCUT2D eigenvalue weighted by Gasteiger charge is 2.28. The van der Waals surface area contributed by atoms with Crippen molar-refractivity contribution in [3.05, 3.63) is 30.1 Å². The molecule has 4 heteroatoms. The Hall–Kier alpha value is -1.42. The van der Waals surface area contributed by atoms with E-state index < -0.39 is 0 Å². The van der Waals surface area contributed by atoms with Gasteiger partial charge in [-0.05, 0) is 42.9 Å². The van der Waals surface area contributed by atoms with Gasteiger partial charge in [0.05, 0.1) is 0 Å². The van der Waals surface area contributed by atoms with Crippen LogP contribution in [0.25, 0.3) is 0 Å². The maximum absolute atomic E-state index is 12.3. The first kappa shape index (κ1) is 14.0. The highest BCUT2D eigenvalue weighted by molar-refractivity contribution is 5.77. The molecule has 1 aromatic rings. The van der Waals surface area contributed by atoms with Crippen LogP contribution in [0.1, 0.15) is 31.7 Å². The normalized spacial score (nSPS) is 23.4. The van der Waals surface area contributed by atoms with Gasteiger partial charge in [-0.3, -0.25) is 9.78 Å². The number of carbonyl (C=O) groups excluding carboxylic acids is 1. The Morgan fingerprint density at radius 1 is 1.47 bits per heavy atom.